The number of alkyl halides is 3. The monoisotopic (exact) mass is 193 g/mol. The van der Waals surface area contributed by atoms with Crippen molar-refractivity contribution in [1.29, 1.82) is 0 Å². The predicted molar refractivity (Wildman–Crippen MR) is 40.1 cm³/mol. The van der Waals surface area contributed by atoms with E-state index in [-0.39, 0.29) is 12.2 Å². The summed E-state index contributed by atoms with van der Waals surface area (Å²) in [5.41, 5.74) is -0.810. The Morgan fingerprint density at radius 1 is 1.38 bits per heavy atom. The quantitative estimate of drug-likeness (QED) is 0.719. The van der Waals surface area contributed by atoms with Gasteiger partial charge in [-0.3, -0.25) is 0 Å². The first-order chi connectivity index (χ1) is 5.96. The van der Waals surface area contributed by atoms with Crippen molar-refractivity contribution < 1.29 is 13.2 Å². The summed E-state index contributed by atoms with van der Waals surface area (Å²) < 4.78 is 38.0. The summed E-state index contributed by atoms with van der Waals surface area (Å²) in [5.74, 6) is 0. The smallest absolute Gasteiger partial charge is 0.240 e. The van der Waals surface area contributed by atoms with Crippen LogP contribution in [0.25, 0.3) is 0 Å². The molecule has 0 saturated carbocycles. The fraction of sp³-hybridized carbons (Fsp3) is 0.714. The van der Waals surface area contributed by atoms with Crippen LogP contribution in [0.3, 0.4) is 0 Å². The third kappa shape index (κ3) is 1.99. The van der Waals surface area contributed by atoms with E-state index in [0.29, 0.717) is 6.42 Å². The maximum Gasteiger partial charge on any atom is 0.434 e. The SMILES string of the molecule is CCCn1nnc(C)c1C(F)(F)F. The maximum absolute atomic E-state index is 12.4. The molecule has 0 atom stereocenters. The zero-order valence-electron chi connectivity index (χ0n) is 7.39. The van der Waals surface area contributed by atoms with Gasteiger partial charge in [0.2, 0.25) is 0 Å². The van der Waals surface area contributed by atoms with Crippen molar-refractivity contribution in [2.24, 2.45) is 0 Å². The van der Waals surface area contributed by atoms with E-state index in [0.717, 1.165) is 4.68 Å². The van der Waals surface area contributed by atoms with Crippen LogP contribution in [0.2, 0.25) is 0 Å². The molecule has 0 amide bonds. The van der Waals surface area contributed by atoms with Crippen LogP contribution in [0.1, 0.15) is 24.7 Å². The molecule has 1 heterocycles. The molecule has 0 N–H and O–H groups in total. The topological polar surface area (TPSA) is 30.7 Å². The number of aromatic nitrogens is 3. The van der Waals surface area contributed by atoms with Crippen LogP contribution in [0.4, 0.5) is 13.2 Å². The molecule has 0 bridgehead atoms. The summed E-state index contributed by atoms with van der Waals surface area (Å²) in [7, 11) is 0. The van der Waals surface area contributed by atoms with Gasteiger partial charge >= 0.3 is 6.18 Å². The predicted octanol–water partition coefficient (Wildman–Crippen LogP) is 2.02. The number of rotatable bonds is 2. The van der Waals surface area contributed by atoms with Crippen molar-refractivity contribution in [3.8, 4) is 0 Å². The molecule has 0 spiro atoms. The van der Waals surface area contributed by atoms with Crippen molar-refractivity contribution >= 4 is 0 Å². The Morgan fingerprint density at radius 3 is 2.46 bits per heavy atom. The van der Waals surface area contributed by atoms with E-state index >= 15 is 0 Å². The summed E-state index contributed by atoms with van der Waals surface area (Å²) >= 11 is 0. The molecule has 0 aliphatic carbocycles. The lowest BCUT2D eigenvalue weighted by molar-refractivity contribution is -0.144. The van der Waals surface area contributed by atoms with Crippen molar-refractivity contribution in [3.05, 3.63) is 11.4 Å². The van der Waals surface area contributed by atoms with Gasteiger partial charge in [-0.05, 0) is 13.3 Å². The molecule has 1 aromatic heterocycles. The third-order valence-corrected chi connectivity index (χ3v) is 1.61. The molecule has 13 heavy (non-hydrogen) atoms. The normalized spacial score (nSPS) is 12.1. The largest absolute Gasteiger partial charge is 0.434 e. The van der Waals surface area contributed by atoms with E-state index in [2.05, 4.69) is 10.3 Å². The molecule has 6 heteroatoms. The van der Waals surface area contributed by atoms with E-state index in [9.17, 15) is 13.2 Å². The highest BCUT2D eigenvalue weighted by Gasteiger charge is 2.37. The second-order valence-electron chi connectivity index (χ2n) is 2.74. The highest BCUT2D eigenvalue weighted by Crippen LogP contribution is 2.30. The molecule has 1 rings (SSSR count). The molecular formula is C7H10F3N3. The molecule has 0 fully saturated rings. The first kappa shape index (κ1) is 10.0. The van der Waals surface area contributed by atoms with Crippen molar-refractivity contribution in [2.75, 3.05) is 0 Å². The minimum atomic E-state index is -4.36. The second-order valence-corrected chi connectivity index (χ2v) is 2.74. The van der Waals surface area contributed by atoms with Crippen molar-refractivity contribution in [3.63, 3.8) is 0 Å². The Bertz CT molecular complexity index is 290. The van der Waals surface area contributed by atoms with Gasteiger partial charge in [-0.15, -0.1) is 5.10 Å². The van der Waals surface area contributed by atoms with Gasteiger partial charge in [-0.25, -0.2) is 4.68 Å². The number of hydrogen-bond acceptors (Lipinski definition) is 2. The number of nitrogens with zero attached hydrogens (tertiary/aromatic N) is 3. The van der Waals surface area contributed by atoms with Crippen LogP contribution in [-0.2, 0) is 12.7 Å². The fourth-order valence-electron chi connectivity index (χ4n) is 1.12. The third-order valence-electron chi connectivity index (χ3n) is 1.61. The van der Waals surface area contributed by atoms with Crippen LogP contribution >= 0.6 is 0 Å². The Balaban J connectivity index is 3.09. The molecule has 74 valence electrons. The number of halogens is 3. The van der Waals surface area contributed by atoms with Gasteiger partial charge in [-0.1, -0.05) is 12.1 Å². The molecular weight excluding hydrogens is 183 g/mol. The summed E-state index contributed by atoms with van der Waals surface area (Å²) in [6.45, 7) is 3.34. The summed E-state index contributed by atoms with van der Waals surface area (Å²) in [6, 6.07) is 0. The highest BCUT2D eigenvalue weighted by molar-refractivity contribution is 5.11. The van der Waals surface area contributed by atoms with Gasteiger partial charge in [0.05, 0.1) is 5.69 Å². The van der Waals surface area contributed by atoms with Gasteiger partial charge in [0.1, 0.15) is 0 Å². The average molecular weight is 193 g/mol. The molecule has 3 nitrogen and oxygen atoms in total. The Kier molecular flexibility index (Phi) is 2.58. The van der Waals surface area contributed by atoms with E-state index in [4.69, 9.17) is 0 Å². The molecule has 0 aliphatic rings. The van der Waals surface area contributed by atoms with Crippen LogP contribution in [0, 0.1) is 6.92 Å². The van der Waals surface area contributed by atoms with Gasteiger partial charge in [-0.2, -0.15) is 13.2 Å². The molecule has 0 unspecified atom stereocenters. The second kappa shape index (κ2) is 3.35. The van der Waals surface area contributed by atoms with Crippen molar-refractivity contribution in [2.45, 2.75) is 33.0 Å². The first-order valence-corrected chi connectivity index (χ1v) is 3.94. The van der Waals surface area contributed by atoms with Crippen LogP contribution < -0.4 is 0 Å². The van der Waals surface area contributed by atoms with Gasteiger partial charge in [0, 0.05) is 6.54 Å². The lowest BCUT2D eigenvalue weighted by Gasteiger charge is -2.08. The Labute approximate surface area is 73.5 Å². The van der Waals surface area contributed by atoms with E-state index in [1.807, 2.05) is 0 Å². The first-order valence-electron chi connectivity index (χ1n) is 3.94. The lowest BCUT2D eigenvalue weighted by Crippen LogP contribution is -2.15. The highest BCUT2D eigenvalue weighted by atomic mass is 19.4. The van der Waals surface area contributed by atoms with E-state index in [1.165, 1.54) is 6.92 Å². The summed E-state index contributed by atoms with van der Waals surface area (Å²) in [5, 5.41) is 6.81. The van der Waals surface area contributed by atoms with Crippen LogP contribution in [0.15, 0.2) is 0 Å². The van der Waals surface area contributed by atoms with E-state index < -0.39 is 11.9 Å². The van der Waals surface area contributed by atoms with Gasteiger partial charge < -0.3 is 0 Å². The molecule has 1 aromatic rings. The number of aryl methyl sites for hydroxylation is 2. The average Bonchev–Trinajstić information content (AvgIpc) is 2.31. The number of hydrogen-bond donors (Lipinski definition) is 0. The molecule has 0 aliphatic heterocycles. The zero-order valence-corrected chi connectivity index (χ0v) is 7.39. The van der Waals surface area contributed by atoms with E-state index in [1.54, 1.807) is 6.92 Å². The lowest BCUT2D eigenvalue weighted by atomic mass is 10.3. The van der Waals surface area contributed by atoms with Gasteiger partial charge in [0.25, 0.3) is 0 Å². The Hall–Kier alpha value is -1.07. The molecule has 0 saturated heterocycles. The summed E-state index contributed by atoms with van der Waals surface area (Å²) in [6.07, 6.45) is -3.76. The summed E-state index contributed by atoms with van der Waals surface area (Å²) in [4.78, 5) is 0. The molecule has 0 radical (unpaired) electrons. The zero-order chi connectivity index (χ0) is 10.1. The van der Waals surface area contributed by atoms with Crippen LogP contribution in [0.5, 0.6) is 0 Å². The minimum absolute atomic E-state index is 0.0686. The maximum atomic E-state index is 12.4. The van der Waals surface area contributed by atoms with Crippen molar-refractivity contribution in [1.82, 2.24) is 15.0 Å². The Morgan fingerprint density at radius 2 is 2.00 bits per heavy atom. The standard InChI is InChI=1S/C7H10F3N3/c1-3-4-13-6(7(8,9)10)5(2)11-12-13/h3-4H2,1-2H3. The fourth-order valence-corrected chi connectivity index (χ4v) is 1.12. The minimum Gasteiger partial charge on any atom is -0.240 e. The molecule has 0 aromatic carbocycles. The van der Waals surface area contributed by atoms with Crippen LogP contribution in [-0.4, -0.2) is 15.0 Å². The van der Waals surface area contributed by atoms with Gasteiger partial charge in [0.15, 0.2) is 5.69 Å².